The standard InChI is InChI=1S/C11H27P2Si.Li/c1-10(2,3)13(11(4,5)6)12-14(7,8)9;/h1-9H3;/q-1;+1. The van der Waals surface area contributed by atoms with Gasteiger partial charge in [-0.3, -0.25) is 7.61 Å². The molecule has 0 aliphatic carbocycles. The number of hydrogen-bond donors (Lipinski definition) is 0. The van der Waals surface area contributed by atoms with Crippen LogP contribution in [0.15, 0.2) is 0 Å². The summed E-state index contributed by atoms with van der Waals surface area (Å²) >= 11 is 0. The van der Waals surface area contributed by atoms with E-state index in [1.165, 1.54) is 0 Å². The van der Waals surface area contributed by atoms with Gasteiger partial charge in [-0.05, 0) is 10.3 Å². The Morgan fingerprint density at radius 2 is 1.07 bits per heavy atom. The van der Waals surface area contributed by atoms with Gasteiger partial charge in [0.1, 0.15) is 0 Å². The quantitative estimate of drug-likeness (QED) is 0.526. The van der Waals surface area contributed by atoms with Crippen LogP contribution >= 0.6 is 15.4 Å². The van der Waals surface area contributed by atoms with Crippen LogP contribution in [0.1, 0.15) is 41.5 Å². The molecule has 0 aliphatic heterocycles. The summed E-state index contributed by atoms with van der Waals surface area (Å²) < 4.78 is 0. The smallest absolute Gasteiger partial charge is 0.508 e. The molecule has 0 atom stereocenters. The summed E-state index contributed by atoms with van der Waals surface area (Å²) in [5.41, 5.74) is 0. The number of hydrogen-bond acceptors (Lipinski definition) is 0. The molecule has 0 aromatic carbocycles. The Morgan fingerprint density at radius 1 is 0.800 bits per heavy atom. The Bertz CT molecular complexity index is 172. The van der Waals surface area contributed by atoms with E-state index >= 15 is 0 Å². The molecule has 0 nitrogen and oxygen atoms in total. The van der Waals surface area contributed by atoms with Crippen molar-refractivity contribution in [2.24, 2.45) is 0 Å². The molecule has 0 spiro atoms. The summed E-state index contributed by atoms with van der Waals surface area (Å²) in [6, 6.07) is 0. The molecule has 0 saturated carbocycles. The second-order valence-corrected chi connectivity index (χ2v) is 22.4. The van der Waals surface area contributed by atoms with Crippen molar-refractivity contribution in [2.45, 2.75) is 71.5 Å². The maximum atomic E-state index is 2.49. The molecule has 0 heterocycles. The molecule has 0 saturated heterocycles. The third-order valence-corrected chi connectivity index (χ3v) is 18.2. The Kier molecular flexibility index (Phi) is 7.64. The van der Waals surface area contributed by atoms with Crippen molar-refractivity contribution < 1.29 is 18.9 Å². The molecule has 0 N–H and O–H groups in total. The minimum atomic E-state index is -0.939. The Morgan fingerprint density at radius 3 is 1.13 bits per heavy atom. The zero-order valence-corrected chi connectivity index (χ0v) is 15.2. The maximum Gasteiger partial charge on any atom is 1.00 e. The molecule has 0 fully saturated rings. The van der Waals surface area contributed by atoms with Crippen molar-refractivity contribution in [3.63, 3.8) is 0 Å². The van der Waals surface area contributed by atoms with Gasteiger partial charge < -0.3 is 7.82 Å². The van der Waals surface area contributed by atoms with Gasteiger partial charge in [-0.2, -0.15) is 0 Å². The van der Waals surface area contributed by atoms with E-state index in [9.17, 15) is 0 Å². The van der Waals surface area contributed by atoms with Crippen LogP contribution in [0.25, 0.3) is 0 Å². The minimum Gasteiger partial charge on any atom is -0.508 e. The molecule has 0 aromatic heterocycles. The van der Waals surface area contributed by atoms with Gasteiger partial charge in [0, 0.05) is 0 Å². The first-order chi connectivity index (χ1) is 5.84. The molecule has 0 amide bonds. The van der Waals surface area contributed by atoms with Gasteiger partial charge >= 0.3 is 18.9 Å². The van der Waals surface area contributed by atoms with Crippen molar-refractivity contribution in [3.05, 3.63) is 0 Å². The second-order valence-electron chi connectivity index (χ2n) is 6.92. The molecule has 0 aliphatic rings. The topological polar surface area (TPSA) is 0 Å². The molecular formula is C11H27LiP2Si. The van der Waals surface area contributed by atoms with E-state index in [2.05, 4.69) is 61.2 Å². The van der Waals surface area contributed by atoms with E-state index in [1.807, 2.05) is 0 Å². The van der Waals surface area contributed by atoms with E-state index in [-0.39, 0.29) is 26.5 Å². The summed E-state index contributed by atoms with van der Waals surface area (Å²) in [6.45, 7) is 21.9. The first kappa shape index (κ1) is 19.0. The monoisotopic (exact) mass is 256 g/mol. The van der Waals surface area contributed by atoms with Gasteiger partial charge in [-0.15, -0.1) is 0 Å². The fourth-order valence-corrected chi connectivity index (χ4v) is 19.2. The SMILES string of the molecule is CC(C)(C)P([P-][Si](C)(C)C)C(C)(C)C.[Li+]. The summed E-state index contributed by atoms with van der Waals surface area (Å²) in [6.07, 6.45) is 0. The van der Waals surface area contributed by atoms with Gasteiger partial charge in [0.2, 0.25) is 0 Å². The Balaban J connectivity index is 0. The van der Waals surface area contributed by atoms with E-state index < -0.39 is 7.74 Å². The maximum absolute atomic E-state index is 2.49. The molecule has 0 rings (SSSR count). The Hall–Kier alpha value is 1.67. The third kappa shape index (κ3) is 8.40. The Labute approximate surface area is 113 Å². The van der Waals surface area contributed by atoms with Crippen molar-refractivity contribution in [1.82, 2.24) is 0 Å². The van der Waals surface area contributed by atoms with Gasteiger partial charge in [0.15, 0.2) is 0 Å². The zero-order chi connectivity index (χ0) is 11.8. The first-order valence-electron chi connectivity index (χ1n) is 5.37. The van der Waals surface area contributed by atoms with Crippen molar-refractivity contribution in [1.29, 1.82) is 0 Å². The molecule has 0 unspecified atom stereocenters. The van der Waals surface area contributed by atoms with Gasteiger partial charge in [0.25, 0.3) is 0 Å². The van der Waals surface area contributed by atoms with E-state index in [0.717, 1.165) is 0 Å². The van der Waals surface area contributed by atoms with Crippen LogP contribution in [0.2, 0.25) is 19.6 Å². The predicted octanol–water partition coefficient (Wildman–Crippen LogP) is 2.77. The van der Waals surface area contributed by atoms with Crippen molar-refractivity contribution >= 4 is 23.2 Å². The van der Waals surface area contributed by atoms with Crippen LogP contribution < -0.4 is 18.9 Å². The molecule has 86 valence electrons. The second kappa shape index (κ2) is 6.02. The van der Waals surface area contributed by atoms with Crippen LogP contribution in [0.5, 0.6) is 0 Å². The average molecular weight is 256 g/mol. The van der Waals surface area contributed by atoms with E-state index in [1.54, 1.807) is 7.82 Å². The van der Waals surface area contributed by atoms with Crippen LogP contribution in [0, 0.1) is 0 Å². The minimum absolute atomic E-state index is 0. The normalized spacial score (nSPS) is 14.8. The predicted molar refractivity (Wildman–Crippen MR) is 76.7 cm³/mol. The number of rotatable bonds is 2. The van der Waals surface area contributed by atoms with Crippen LogP contribution in [0.3, 0.4) is 0 Å². The van der Waals surface area contributed by atoms with Gasteiger partial charge in [-0.25, -0.2) is 0 Å². The molecular weight excluding hydrogens is 229 g/mol. The van der Waals surface area contributed by atoms with Gasteiger partial charge in [-0.1, -0.05) is 68.9 Å². The average Bonchev–Trinajstić information content (AvgIpc) is 1.75. The summed E-state index contributed by atoms with van der Waals surface area (Å²) in [5, 5.41) is 0.991. The van der Waals surface area contributed by atoms with E-state index in [0.29, 0.717) is 10.3 Å². The summed E-state index contributed by atoms with van der Waals surface area (Å²) in [4.78, 5) is 0. The molecule has 15 heavy (non-hydrogen) atoms. The molecule has 4 heteroatoms. The van der Waals surface area contributed by atoms with Crippen LogP contribution in [-0.2, 0) is 0 Å². The largest absolute Gasteiger partial charge is 1.00 e. The van der Waals surface area contributed by atoms with Crippen molar-refractivity contribution in [2.75, 3.05) is 0 Å². The third-order valence-electron chi connectivity index (χ3n) is 1.67. The summed E-state index contributed by atoms with van der Waals surface area (Å²) in [7, 11) is 0.944. The zero-order valence-electron chi connectivity index (χ0n) is 12.4. The van der Waals surface area contributed by atoms with Crippen LogP contribution in [0.4, 0.5) is 0 Å². The van der Waals surface area contributed by atoms with Crippen molar-refractivity contribution in [3.8, 4) is 0 Å². The molecule has 0 aromatic rings. The van der Waals surface area contributed by atoms with E-state index in [4.69, 9.17) is 0 Å². The fraction of sp³-hybridized carbons (Fsp3) is 1.00. The molecule has 0 radical (unpaired) electrons. The van der Waals surface area contributed by atoms with Crippen LogP contribution in [-0.4, -0.2) is 18.1 Å². The fourth-order valence-electron chi connectivity index (χ4n) is 1.61. The van der Waals surface area contributed by atoms with Gasteiger partial charge in [0.05, 0.1) is 0 Å². The molecule has 0 bridgehead atoms. The summed E-state index contributed by atoms with van der Waals surface area (Å²) in [5.74, 6) is 0. The first-order valence-corrected chi connectivity index (χ1v) is 12.7.